The molecule has 8 heteroatoms. The SMILES string of the molecule is Cc1cc([O-])ccc1SP(=O)(O)Sc1ccc(O)cc1C.[Na+]. The summed E-state index contributed by atoms with van der Waals surface area (Å²) in [6.07, 6.45) is 0. The molecule has 112 valence electrons. The number of hydrogen-bond acceptors (Lipinski definition) is 5. The molecule has 0 bridgehead atoms. The van der Waals surface area contributed by atoms with Gasteiger partial charge in [0.25, 0.3) is 0 Å². The molecule has 0 spiro atoms. The summed E-state index contributed by atoms with van der Waals surface area (Å²) < 4.78 is 12.4. The Labute approximate surface area is 159 Å². The molecule has 0 saturated heterocycles. The Morgan fingerprint density at radius 3 is 2.00 bits per heavy atom. The summed E-state index contributed by atoms with van der Waals surface area (Å²) in [5.41, 5.74) is 1.42. The van der Waals surface area contributed by atoms with Gasteiger partial charge in [-0.3, -0.25) is 4.57 Å². The van der Waals surface area contributed by atoms with Gasteiger partial charge in [0.15, 0.2) is 0 Å². The van der Waals surface area contributed by atoms with E-state index >= 15 is 0 Å². The predicted molar refractivity (Wildman–Crippen MR) is 85.0 cm³/mol. The Balaban J connectivity index is 0.00000242. The van der Waals surface area contributed by atoms with E-state index in [4.69, 9.17) is 0 Å². The standard InChI is InChI=1S/C14H15O4PS2.Na/c1-9-7-11(15)3-5-13(9)20-19(17,18)21-14-6-4-12(16)8-10(14)2;/h3-8,15-16H,1-2H3,(H,17,18);/q;+1/p-1. The third kappa shape index (κ3) is 5.53. The number of phenolic OH excluding ortho intramolecular Hbond substituents is 1. The van der Waals surface area contributed by atoms with Gasteiger partial charge < -0.3 is 15.1 Å². The first-order valence-electron chi connectivity index (χ1n) is 6.06. The van der Waals surface area contributed by atoms with Crippen LogP contribution in [0.4, 0.5) is 0 Å². The van der Waals surface area contributed by atoms with Crippen molar-refractivity contribution in [3.05, 3.63) is 47.5 Å². The summed E-state index contributed by atoms with van der Waals surface area (Å²) in [5.74, 6) is -3.57. The summed E-state index contributed by atoms with van der Waals surface area (Å²) in [6.45, 7) is 3.50. The largest absolute Gasteiger partial charge is 1.00 e. The van der Waals surface area contributed by atoms with E-state index in [0.29, 0.717) is 15.4 Å². The quantitative estimate of drug-likeness (QED) is 0.624. The Morgan fingerprint density at radius 2 is 1.50 bits per heavy atom. The maximum atomic E-state index is 12.4. The molecule has 0 aliphatic heterocycles. The summed E-state index contributed by atoms with van der Waals surface area (Å²) in [6, 6.07) is 9.04. The van der Waals surface area contributed by atoms with Crippen molar-refractivity contribution < 1.29 is 49.2 Å². The predicted octanol–water partition coefficient (Wildman–Crippen LogP) is 1.07. The van der Waals surface area contributed by atoms with Crippen LogP contribution >= 0.6 is 28.5 Å². The van der Waals surface area contributed by atoms with Gasteiger partial charge in [0.05, 0.1) is 0 Å². The molecule has 2 rings (SSSR count). The fourth-order valence-electron chi connectivity index (χ4n) is 1.73. The molecule has 4 nitrogen and oxygen atoms in total. The molecule has 0 amide bonds. The van der Waals surface area contributed by atoms with Gasteiger partial charge in [-0.25, -0.2) is 0 Å². The van der Waals surface area contributed by atoms with E-state index in [-0.39, 0.29) is 41.1 Å². The van der Waals surface area contributed by atoms with E-state index < -0.39 is 5.77 Å². The second kappa shape index (κ2) is 8.15. The number of rotatable bonds is 4. The average Bonchev–Trinajstić information content (AvgIpc) is 2.36. The summed E-state index contributed by atoms with van der Waals surface area (Å²) in [5, 5.41) is 20.6. The van der Waals surface area contributed by atoms with Gasteiger partial charge in [-0.05, 0) is 72.0 Å². The minimum absolute atomic E-state index is 0. The van der Waals surface area contributed by atoms with E-state index in [1.165, 1.54) is 18.2 Å². The minimum atomic E-state index is -3.57. The van der Waals surface area contributed by atoms with E-state index in [0.717, 1.165) is 28.3 Å². The zero-order chi connectivity index (χ0) is 15.6. The van der Waals surface area contributed by atoms with Crippen molar-refractivity contribution in [2.75, 3.05) is 0 Å². The van der Waals surface area contributed by atoms with Crippen LogP contribution in [-0.4, -0.2) is 10.00 Å². The van der Waals surface area contributed by atoms with Crippen LogP contribution in [0.15, 0.2) is 46.2 Å². The molecule has 0 heterocycles. The molecule has 1 atom stereocenters. The number of phenols is 1. The number of aryl methyl sites for hydroxylation is 2. The Morgan fingerprint density at radius 1 is 1.00 bits per heavy atom. The Kier molecular flexibility index (Phi) is 7.40. The molecule has 0 aromatic heterocycles. The molecule has 1 unspecified atom stereocenters. The third-order valence-corrected chi connectivity index (χ3v) is 8.41. The normalized spacial score (nSPS) is 13.2. The Hall–Kier alpha value is -0.0700. The molecule has 0 saturated carbocycles. The van der Waals surface area contributed by atoms with Crippen molar-refractivity contribution in [3.63, 3.8) is 0 Å². The second-order valence-corrected chi connectivity index (χ2v) is 11.5. The minimum Gasteiger partial charge on any atom is -0.872 e. The van der Waals surface area contributed by atoms with Gasteiger partial charge in [0.2, 0.25) is 0 Å². The van der Waals surface area contributed by atoms with Crippen LogP contribution in [0.1, 0.15) is 11.1 Å². The zero-order valence-corrected chi connectivity index (χ0v) is 17.0. The molecule has 2 aromatic rings. The van der Waals surface area contributed by atoms with Gasteiger partial charge in [-0.2, -0.15) is 0 Å². The third-order valence-electron chi connectivity index (χ3n) is 2.73. The van der Waals surface area contributed by atoms with Gasteiger partial charge in [-0.1, -0.05) is 12.1 Å². The fraction of sp³-hybridized carbons (Fsp3) is 0.143. The fourth-order valence-corrected chi connectivity index (χ4v) is 7.54. The average molecular weight is 364 g/mol. The van der Waals surface area contributed by atoms with Crippen molar-refractivity contribution in [3.8, 4) is 11.5 Å². The maximum absolute atomic E-state index is 12.4. The molecule has 0 aliphatic rings. The van der Waals surface area contributed by atoms with Crippen LogP contribution in [0.25, 0.3) is 0 Å². The summed E-state index contributed by atoms with van der Waals surface area (Å²) in [7, 11) is 0. The van der Waals surface area contributed by atoms with E-state index in [1.807, 2.05) is 0 Å². The molecule has 22 heavy (non-hydrogen) atoms. The van der Waals surface area contributed by atoms with E-state index in [1.54, 1.807) is 32.0 Å². The summed E-state index contributed by atoms with van der Waals surface area (Å²) in [4.78, 5) is 11.4. The van der Waals surface area contributed by atoms with Gasteiger partial charge in [-0.15, -0.1) is 5.75 Å². The molecular weight excluding hydrogens is 350 g/mol. The van der Waals surface area contributed by atoms with Crippen molar-refractivity contribution in [2.45, 2.75) is 23.6 Å². The first-order valence-corrected chi connectivity index (χ1v) is 10.6. The smallest absolute Gasteiger partial charge is 0.872 e. The maximum Gasteiger partial charge on any atom is 1.00 e. The van der Waals surface area contributed by atoms with Crippen molar-refractivity contribution in [1.82, 2.24) is 0 Å². The first kappa shape index (κ1) is 20.0. The van der Waals surface area contributed by atoms with Crippen LogP contribution in [-0.2, 0) is 4.57 Å². The molecule has 0 fully saturated rings. The molecule has 0 radical (unpaired) electrons. The van der Waals surface area contributed by atoms with E-state index in [9.17, 15) is 19.7 Å². The molecule has 2 aromatic carbocycles. The van der Waals surface area contributed by atoms with Crippen LogP contribution in [0, 0.1) is 13.8 Å². The van der Waals surface area contributed by atoms with Crippen LogP contribution in [0.3, 0.4) is 0 Å². The van der Waals surface area contributed by atoms with E-state index in [2.05, 4.69) is 0 Å². The van der Waals surface area contributed by atoms with Crippen LogP contribution in [0.2, 0.25) is 0 Å². The van der Waals surface area contributed by atoms with Crippen molar-refractivity contribution in [1.29, 1.82) is 0 Å². The topological polar surface area (TPSA) is 80.6 Å². The monoisotopic (exact) mass is 364 g/mol. The van der Waals surface area contributed by atoms with Crippen LogP contribution < -0.4 is 34.7 Å². The summed E-state index contributed by atoms with van der Waals surface area (Å²) >= 11 is 1.74. The number of aromatic hydroxyl groups is 1. The van der Waals surface area contributed by atoms with Gasteiger partial charge in [0, 0.05) is 9.79 Å². The second-order valence-electron chi connectivity index (χ2n) is 4.53. The molecular formula is C14H14NaO4PS2. The Bertz CT molecular complexity index is 666. The molecule has 0 aliphatic carbocycles. The van der Waals surface area contributed by atoms with Crippen molar-refractivity contribution >= 4 is 28.5 Å². The van der Waals surface area contributed by atoms with Gasteiger partial charge in [0.1, 0.15) is 5.75 Å². The zero-order valence-electron chi connectivity index (χ0n) is 12.4. The van der Waals surface area contributed by atoms with Crippen molar-refractivity contribution in [2.24, 2.45) is 0 Å². The first-order chi connectivity index (χ1) is 9.77. The molecule has 2 N–H and O–H groups in total. The van der Waals surface area contributed by atoms with Crippen LogP contribution in [0.5, 0.6) is 11.5 Å². The van der Waals surface area contributed by atoms with Gasteiger partial charge >= 0.3 is 35.3 Å². The number of hydrogen-bond donors (Lipinski definition) is 2. The number of benzene rings is 2.